The highest BCUT2D eigenvalue weighted by Crippen LogP contribution is 2.33. The van der Waals surface area contributed by atoms with Crippen molar-refractivity contribution in [2.75, 3.05) is 52.9 Å². The molecular formula is C26H52FN3O2. The molecule has 0 spiro atoms. The second-order valence-electron chi connectivity index (χ2n) is 7.96. The monoisotopic (exact) mass is 457 g/mol. The molecule has 0 radical (unpaired) electrons. The van der Waals surface area contributed by atoms with E-state index in [4.69, 9.17) is 0 Å². The van der Waals surface area contributed by atoms with Gasteiger partial charge in [-0.05, 0) is 39.7 Å². The molecule has 1 amide bonds. The quantitative estimate of drug-likeness (QED) is 0.451. The Morgan fingerprint density at radius 1 is 1.03 bits per heavy atom. The van der Waals surface area contributed by atoms with Crippen molar-refractivity contribution in [2.45, 2.75) is 80.8 Å². The lowest BCUT2D eigenvalue weighted by atomic mass is 9.81. The van der Waals surface area contributed by atoms with E-state index in [0.29, 0.717) is 6.54 Å². The SMILES string of the molecule is C.C.C#CC.CC.CC.CN1CCN(CC2(F)CN(C(=O)C3CCC(C=O)CC3)C2)CC1. The van der Waals surface area contributed by atoms with E-state index in [1.807, 2.05) is 27.7 Å². The first-order chi connectivity index (χ1) is 14.4. The number of carbonyl (C=O) groups excluding carboxylic acids is 2. The van der Waals surface area contributed by atoms with Crippen LogP contribution in [0.3, 0.4) is 0 Å². The summed E-state index contributed by atoms with van der Waals surface area (Å²) in [7, 11) is 2.09. The van der Waals surface area contributed by atoms with E-state index in [-0.39, 0.29) is 45.7 Å². The van der Waals surface area contributed by atoms with E-state index >= 15 is 0 Å². The van der Waals surface area contributed by atoms with Gasteiger partial charge in [-0.15, -0.1) is 12.3 Å². The van der Waals surface area contributed by atoms with Crippen molar-refractivity contribution in [3.8, 4) is 12.3 Å². The molecule has 6 heteroatoms. The number of amides is 1. The summed E-state index contributed by atoms with van der Waals surface area (Å²) in [6.45, 7) is 14.4. The number of likely N-dealkylation sites (N-methyl/N-ethyl adjacent to an activating group) is 1. The second kappa shape index (κ2) is 19.1. The van der Waals surface area contributed by atoms with Gasteiger partial charge in [-0.3, -0.25) is 9.69 Å². The molecule has 3 aliphatic rings. The van der Waals surface area contributed by atoms with Crippen LogP contribution in [0.15, 0.2) is 0 Å². The van der Waals surface area contributed by atoms with Gasteiger partial charge in [0.1, 0.15) is 6.29 Å². The Kier molecular flexibility index (Phi) is 20.9. The number of halogens is 1. The molecule has 0 unspecified atom stereocenters. The van der Waals surface area contributed by atoms with Crippen molar-refractivity contribution in [3.05, 3.63) is 0 Å². The summed E-state index contributed by atoms with van der Waals surface area (Å²) >= 11 is 0. The summed E-state index contributed by atoms with van der Waals surface area (Å²) in [4.78, 5) is 29.3. The van der Waals surface area contributed by atoms with Gasteiger partial charge in [-0.2, -0.15) is 0 Å². The number of likely N-dealkylation sites (tertiary alicyclic amines) is 1. The Hall–Kier alpha value is -1.45. The van der Waals surface area contributed by atoms with Crippen LogP contribution in [-0.4, -0.2) is 85.4 Å². The summed E-state index contributed by atoms with van der Waals surface area (Å²) in [6, 6.07) is 0. The van der Waals surface area contributed by atoms with Gasteiger partial charge in [0.05, 0.1) is 13.1 Å². The first-order valence-corrected chi connectivity index (χ1v) is 11.6. The average molecular weight is 458 g/mol. The number of carbonyl (C=O) groups is 2. The Morgan fingerprint density at radius 3 is 1.88 bits per heavy atom. The fraction of sp³-hybridized carbons (Fsp3) is 0.846. The van der Waals surface area contributed by atoms with Crippen molar-refractivity contribution < 1.29 is 14.0 Å². The topological polar surface area (TPSA) is 43.9 Å². The highest BCUT2D eigenvalue weighted by Gasteiger charge is 2.48. The van der Waals surface area contributed by atoms with E-state index in [2.05, 4.69) is 29.2 Å². The van der Waals surface area contributed by atoms with E-state index < -0.39 is 5.67 Å². The number of hydrogen-bond donors (Lipinski definition) is 0. The Balaban J connectivity index is -0.000000845. The molecule has 32 heavy (non-hydrogen) atoms. The van der Waals surface area contributed by atoms with Gasteiger partial charge in [0, 0.05) is 44.6 Å². The number of terminal acetylenes is 1. The molecule has 2 aliphatic heterocycles. The molecule has 190 valence electrons. The molecule has 0 aromatic heterocycles. The molecule has 1 aliphatic carbocycles. The molecule has 0 bridgehead atoms. The third kappa shape index (κ3) is 11.4. The maximum Gasteiger partial charge on any atom is 0.225 e. The van der Waals surface area contributed by atoms with Crippen LogP contribution in [0.1, 0.15) is 75.2 Å². The van der Waals surface area contributed by atoms with Crippen LogP contribution in [0.25, 0.3) is 0 Å². The largest absolute Gasteiger partial charge is 0.336 e. The van der Waals surface area contributed by atoms with E-state index in [0.717, 1.165) is 58.1 Å². The fourth-order valence-electron chi connectivity index (χ4n) is 4.06. The fourth-order valence-corrected chi connectivity index (χ4v) is 4.06. The lowest BCUT2D eigenvalue weighted by Gasteiger charge is -2.48. The first kappa shape index (κ1) is 35.1. The maximum absolute atomic E-state index is 14.8. The number of alkyl halides is 1. The normalized spacial score (nSPS) is 23.9. The molecule has 0 atom stereocenters. The maximum atomic E-state index is 14.8. The van der Waals surface area contributed by atoms with E-state index in [9.17, 15) is 14.0 Å². The molecule has 5 nitrogen and oxygen atoms in total. The van der Waals surface area contributed by atoms with Crippen molar-refractivity contribution in [3.63, 3.8) is 0 Å². The standard InChI is InChI=1S/C17H28FN3O2.C3H4.2C2H6.2CH4/c1-19-6-8-20(9-7-19)11-17(18)12-21(13-17)16(23)15-4-2-14(10-22)3-5-15;1-3-2;2*1-2;;/h10,14-15H,2-9,11-13H2,1H3;1H,2H3;2*1-2H3;2*1H4. The molecule has 0 aromatic rings. The third-order valence-corrected chi connectivity index (χ3v) is 5.68. The molecule has 3 fully saturated rings. The molecule has 2 heterocycles. The summed E-state index contributed by atoms with van der Waals surface area (Å²) in [6.07, 6.45) is 8.76. The van der Waals surface area contributed by atoms with Crippen molar-refractivity contribution in [1.29, 1.82) is 0 Å². The second-order valence-corrected chi connectivity index (χ2v) is 7.96. The average Bonchev–Trinajstić information content (AvgIpc) is 2.76. The minimum Gasteiger partial charge on any atom is -0.336 e. The van der Waals surface area contributed by atoms with Crippen LogP contribution in [0.4, 0.5) is 4.39 Å². The van der Waals surface area contributed by atoms with Crippen molar-refractivity contribution >= 4 is 12.2 Å². The smallest absolute Gasteiger partial charge is 0.225 e. The summed E-state index contributed by atoms with van der Waals surface area (Å²) < 4.78 is 14.8. The predicted octanol–water partition coefficient (Wildman–Crippen LogP) is 4.75. The van der Waals surface area contributed by atoms with Crippen LogP contribution in [0, 0.1) is 24.2 Å². The Morgan fingerprint density at radius 2 is 1.47 bits per heavy atom. The molecular weight excluding hydrogens is 405 g/mol. The molecule has 0 aromatic carbocycles. The summed E-state index contributed by atoms with van der Waals surface area (Å²) in [5.41, 5.74) is -1.23. The van der Waals surface area contributed by atoms with Gasteiger partial charge >= 0.3 is 0 Å². The van der Waals surface area contributed by atoms with Crippen LogP contribution in [0.2, 0.25) is 0 Å². The Labute approximate surface area is 199 Å². The van der Waals surface area contributed by atoms with Crippen LogP contribution in [-0.2, 0) is 9.59 Å². The van der Waals surface area contributed by atoms with E-state index in [1.54, 1.807) is 11.8 Å². The number of piperazine rings is 1. The Bertz CT molecular complexity index is 514. The number of rotatable bonds is 4. The molecule has 3 rings (SSSR count). The van der Waals surface area contributed by atoms with Gasteiger partial charge in [0.25, 0.3) is 0 Å². The van der Waals surface area contributed by atoms with Crippen LogP contribution < -0.4 is 0 Å². The lowest BCUT2D eigenvalue weighted by molar-refractivity contribution is -0.153. The number of hydrogen-bond acceptors (Lipinski definition) is 4. The van der Waals surface area contributed by atoms with Crippen molar-refractivity contribution in [2.24, 2.45) is 11.8 Å². The minimum absolute atomic E-state index is 0. The van der Waals surface area contributed by atoms with Crippen LogP contribution >= 0.6 is 0 Å². The third-order valence-electron chi connectivity index (χ3n) is 5.68. The zero-order valence-electron chi connectivity index (χ0n) is 20.1. The highest BCUT2D eigenvalue weighted by molar-refractivity contribution is 5.80. The molecule has 1 saturated carbocycles. The van der Waals surface area contributed by atoms with Gasteiger partial charge < -0.3 is 14.6 Å². The van der Waals surface area contributed by atoms with E-state index in [1.165, 1.54) is 0 Å². The highest BCUT2D eigenvalue weighted by atomic mass is 19.1. The zero-order valence-corrected chi connectivity index (χ0v) is 20.1. The lowest BCUT2D eigenvalue weighted by Crippen LogP contribution is -2.66. The van der Waals surface area contributed by atoms with Gasteiger partial charge in [0.15, 0.2) is 5.67 Å². The number of nitrogens with zero attached hydrogens (tertiary/aromatic N) is 3. The number of aldehydes is 1. The first-order valence-electron chi connectivity index (χ1n) is 11.6. The molecule has 2 saturated heterocycles. The molecule has 0 N–H and O–H groups in total. The predicted molar refractivity (Wildman–Crippen MR) is 137 cm³/mol. The van der Waals surface area contributed by atoms with Crippen LogP contribution in [0.5, 0.6) is 0 Å². The zero-order chi connectivity index (χ0) is 23.2. The minimum atomic E-state index is -1.23. The van der Waals surface area contributed by atoms with Gasteiger partial charge in [-0.25, -0.2) is 4.39 Å². The van der Waals surface area contributed by atoms with Gasteiger partial charge in [0.2, 0.25) is 5.91 Å². The van der Waals surface area contributed by atoms with Crippen molar-refractivity contribution in [1.82, 2.24) is 14.7 Å². The summed E-state index contributed by atoms with van der Waals surface area (Å²) in [5, 5.41) is 0. The summed E-state index contributed by atoms with van der Waals surface area (Å²) in [5.74, 6) is 2.47. The van der Waals surface area contributed by atoms with Gasteiger partial charge in [-0.1, -0.05) is 42.5 Å².